The smallest absolute Gasteiger partial charge is 0.335 e. The van der Waals surface area contributed by atoms with Crippen LogP contribution in [-0.2, 0) is 12.4 Å². The number of ether oxygens (including phenoxy) is 2. The second-order valence-electron chi connectivity index (χ2n) is 4.68. The van der Waals surface area contributed by atoms with E-state index in [1.165, 1.54) is 13.2 Å². The van der Waals surface area contributed by atoms with Gasteiger partial charge in [-0.05, 0) is 24.0 Å². The number of thioether (sulfide) groups is 1. The highest BCUT2D eigenvalue weighted by Crippen LogP contribution is 2.35. The van der Waals surface area contributed by atoms with E-state index in [0.717, 1.165) is 11.1 Å². The number of methoxy groups -OCH3 is 1. The summed E-state index contributed by atoms with van der Waals surface area (Å²) in [4.78, 5) is 11.2. The first kappa shape index (κ1) is 16.2. The molecular weight excluding hydrogens is 300 g/mol. The summed E-state index contributed by atoms with van der Waals surface area (Å²) in [5.41, 5.74) is 2.06. The number of aromatic carboxylic acids is 1. The van der Waals surface area contributed by atoms with Gasteiger partial charge in [-0.1, -0.05) is 30.3 Å². The lowest BCUT2D eigenvalue weighted by Crippen LogP contribution is -2.04. The van der Waals surface area contributed by atoms with E-state index in [1.54, 1.807) is 17.8 Å². The van der Waals surface area contributed by atoms with Crippen molar-refractivity contribution in [2.24, 2.45) is 0 Å². The third-order valence-corrected chi connectivity index (χ3v) is 3.72. The maximum Gasteiger partial charge on any atom is 0.335 e. The largest absolute Gasteiger partial charge is 0.493 e. The Kier molecular flexibility index (Phi) is 5.72. The maximum absolute atomic E-state index is 11.2. The SMILES string of the molecule is COc1cc(C(=O)O)cc(CSC)c1OCc1ccccc1. The molecule has 0 unspecified atom stereocenters. The fourth-order valence-electron chi connectivity index (χ4n) is 2.09. The summed E-state index contributed by atoms with van der Waals surface area (Å²) in [6.45, 7) is 0.408. The third kappa shape index (κ3) is 3.95. The molecule has 2 aromatic carbocycles. The molecule has 1 N–H and O–H groups in total. The van der Waals surface area contributed by atoms with Gasteiger partial charge in [0.2, 0.25) is 0 Å². The van der Waals surface area contributed by atoms with Crippen LogP contribution in [0.4, 0.5) is 0 Å². The molecule has 0 heterocycles. The summed E-state index contributed by atoms with van der Waals surface area (Å²) in [5, 5.41) is 9.19. The first-order valence-corrected chi connectivity index (χ1v) is 8.15. The Morgan fingerprint density at radius 1 is 1.23 bits per heavy atom. The predicted molar refractivity (Wildman–Crippen MR) is 87.9 cm³/mol. The minimum Gasteiger partial charge on any atom is -0.493 e. The van der Waals surface area contributed by atoms with Gasteiger partial charge in [-0.2, -0.15) is 11.8 Å². The Labute approximate surface area is 134 Å². The van der Waals surface area contributed by atoms with Gasteiger partial charge in [-0.15, -0.1) is 0 Å². The van der Waals surface area contributed by atoms with Gasteiger partial charge in [0.15, 0.2) is 11.5 Å². The van der Waals surface area contributed by atoms with Crippen molar-refractivity contribution in [2.75, 3.05) is 13.4 Å². The maximum atomic E-state index is 11.2. The highest BCUT2D eigenvalue weighted by atomic mass is 32.2. The van der Waals surface area contributed by atoms with E-state index >= 15 is 0 Å². The average Bonchev–Trinajstić information content (AvgIpc) is 2.54. The van der Waals surface area contributed by atoms with E-state index in [-0.39, 0.29) is 5.56 Å². The summed E-state index contributed by atoms with van der Waals surface area (Å²) < 4.78 is 11.2. The predicted octanol–water partition coefficient (Wildman–Crippen LogP) is 3.84. The van der Waals surface area contributed by atoms with Gasteiger partial charge >= 0.3 is 5.97 Å². The average molecular weight is 318 g/mol. The number of carbonyl (C=O) groups is 1. The molecule has 0 aliphatic carbocycles. The molecular formula is C17H18O4S. The molecule has 0 saturated carbocycles. The number of rotatable bonds is 7. The van der Waals surface area contributed by atoms with E-state index in [2.05, 4.69) is 0 Å². The van der Waals surface area contributed by atoms with Crippen molar-refractivity contribution < 1.29 is 19.4 Å². The molecule has 0 fully saturated rings. The number of hydrogen-bond acceptors (Lipinski definition) is 4. The Hall–Kier alpha value is -2.14. The lowest BCUT2D eigenvalue weighted by Gasteiger charge is -2.16. The summed E-state index contributed by atoms with van der Waals surface area (Å²) in [7, 11) is 1.51. The van der Waals surface area contributed by atoms with E-state index < -0.39 is 5.97 Å². The second kappa shape index (κ2) is 7.75. The summed E-state index contributed by atoms with van der Waals surface area (Å²) in [6.07, 6.45) is 1.96. The van der Waals surface area contributed by atoms with Gasteiger partial charge in [0.25, 0.3) is 0 Å². The number of hydrogen-bond donors (Lipinski definition) is 1. The van der Waals surface area contributed by atoms with Crippen LogP contribution < -0.4 is 9.47 Å². The van der Waals surface area contributed by atoms with Crippen LogP contribution in [0.25, 0.3) is 0 Å². The van der Waals surface area contributed by atoms with Crippen LogP contribution in [0.3, 0.4) is 0 Å². The van der Waals surface area contributed by atoms with Crippen molar-refractivity contribution in [2.45, 2.75) is 12.4 Å². The summed E-state index contributed by atoms with van der Waals surface area (Å²) >= 11 is 1.60. The minimum atomic E-state index is -0.977. The third-order valence-electron chi connectivity index (χ3n) is 3.12. The van der Waals surface area contributed by atoms with Gasteiger partial charge < -0.3 is 14.6 Å². The first-order valence-electron chi connectivity index (χ1n) is 6.75. The monoisotopic (exact) mass is 318 g/mol. The van der Waals surface area contributed by atoms with Crippen LogP contribution in [0.5, 0.6) is 11.5 Å². The molecule has 116 valence electrons. The van der Waals surface area contributed by atoms with Crippen molar-refractivity contribution in [3.63, 3.8) is 0 Å². The zero-order valence-electron chi connectivity index (χ0n) is 12.5. The molecule has 0 aliphatic rings. The lowest BCUT2D eigenvalue weighted by atomic mass is 10.1. The standard InChI is InChI=1S/C17H18O4S/c1-20-15-9-13(17(18)19)8-14(11-22-2)16(15)21-10-12-6-4-3-5-7-12/h3-9H,10-11H2,1-2H3,(H,18,19). The van der Waals surface area contributed by atoms with E-state index in [1.807, 2.05) is 36.6 Å². The van der Waals surface area contributed by atoms with Crippen molar-refractivity contribution >= 4 is 17.7 Å². The van der Waals surface area contributed by atoms with Crippen LogP contribution in [0.15, 0.2) is 42.5 Å². The molecule has 2 aromatic rings. The summed E-state index contributed by atoms with van der Waals surface area (Å²) in [5.74, 6) is 0.725. The van der Waals surface area contributed by atoms with E-state index in [0.29, 0.717) is 23.9 Å². The van der Waals surface area contributed by atoms with Gasteiger partial charge in [0.05, 0.1) is 12.7 Å². The van der Waals surface area contributed by atoms with E-state index in [4.69, 9.17) is 9.47 Å². The highest BCUT2D eigenvalue weighted by Gasteiger charge is 2.16. The molecule has 22 heavy (non-hydrogen) atoms. The Morgan fingerprint density at radius 3 is 2.55 bits per heavy atom. The van der Waals surface area contributed by atoms with Crippen LogP contribution in [0, 0.1) is 0 Å². The fourth-order valence-corrected chi connectivity index (χ4v) is 2.62. The van der Waals surface area contributed by atoms with Gasteiger partial charge in [0, 0.05) is 11.3 Å². The number of carboxylic acids is 1. The van der Waals surface area contributed by atoms with Crippen LogP contribution in [0.2, 0.25) is 0 Å². The van der Waals surface area contributed by atoms with Crippen molar-refractivity contribution in [3.05, 3.63) is 59.2 Å². The quantitative estimate of drug-likeness (QED) is 0.840. The van der Waals surface area contributed by atoms with Crippen LogP contribution >= 0.6 is 11.8 Å². The topological polar surface area (TPSA) is 55.8 Å². The molecule has 0 amide bonds. The molecule has 0 aromatic heterocycles. The summed E-state index contributed by atoms with van der Waals surface area (Å²) in [6, 6.07) is 12.9. The fraction of sp³-hybridized carbons (Fsp3) is 0.235. The normalized spacial score (nSPS) is 10.3. The Morgan fingerprint density at radius 2 is 1.95 bits per heavy atom. The second-order valence-corrected chi connectivity index (χ2v) is 5.55. The molecule has 0 saturated heterocycles. The molecule has 2 rings (SSSR count). The van der Waals surface area contributed by atoms with Gasteiger partial charge in [-0.25, -0.2) is 4.79 Å². The van der Waals surface area contributed by atoms with Crippen molar-refractivity contribution in [3.8, 4) is 11.5 Å². The molecule has 0 bridgehead atoms. The van der Waals surface area contributed by atoms with Crippen molar-refractivity contribution in [1.82, 2.24) is 0 Å². The van der Waals surface area contributed by atoms with Crippen LogP contribution in [-0.4, -0.2) is 24.4 Å². The molecule has 0 atom stereocenters. The highest BCUT2D eigenvalue weighted by molar-refractivity contribution is 7.97. The molecule has 4 nitrogen and oxygen atoms in total. The van der Waals surface area contributed by atoms with Crippen LogP contribution in [0.1, 0.15) is 21.5 Å². The van der Waals surface area contributed by atoms with Crippen molar-refractivity contribution in [1.29, 1.82) is 0 Å². The number of carboxylic acid groups (broad SMARTS) is 1. The zero-order valence-corrected chi connectivity index (χ0v) is 13.4. The molecule has 0 aliphatic heterocycles. The zero-order chi connectivity index (χ0) is 15.9. The molecule has 0 spiro atoms. The van der Waals surface area contributed by atoms with E-state index in [9.17, 15) is 9.90 Å². The Bertz CT molecular complexity index is 641. The lowest BCUT2D eigenvalue weighted by molar-refractivity contribution is 0.0696. The molecule has 0 radical (unpaired) electrons. The minimum absolute atomic E-state index is 0.202. The molecule has 5 heteroatoms. The Balaban J connectivity index is 2.32. The number of benzene rings is 2. The first-order chi connectivity index (χ1) is 10.7. The van der Waals surface area contributed by atoms with Gasteiger partial charge in [0.1, 0.15) is 6.61 Å². The van der Waals surface area contributed by atoms with Gasteiger partial charge in [-0.3, -0.25) is 0 Å².